The highest BCUT2D eigenvalue weighted by molar-refractivity contribution is 5.80. The predicted molar refractivity (Wildman–Crippen MR) is 77.3 cm³/mol. The average molecular weight is 274 g/mol. The molecule has 2 atom stereocenters. The van der Waals surface area contributed by atoms with E-state index >= 15 is 0 Å². The molecule has 0 fully saturated rings. The summed E-state index contributed by atoms with van der Waals surface area (Å²) in [6, 6.07) is 0.267. The molecule has 19 heavy (non-hydrogen) atoms. The number of nitrogens with one attached hydrogen (secondary N) is 1. The van der Waals surface area contributed by atoms with Crippen LogP contribution >= 0.6 is 0 Å². The van der Waals surface area contributed by atoms with E-state index in [9.17, 15) is 4.79 Å². The van der Waals surface area contributed by atoms with Gasteiger partial charge < -0.3 is 19.7 Å². The van der Waals surface area contributed by atoms with Crippen LogP contribution in [0.15, 0.2) is 0 Å². The maximum atomic E-state index is 12.1. The van der Waals surface area contributed by atoms with Crippen molar-refractivity contribution < 1.29 is 14.3 Å². The number of carbonyl (C=O) groups is 1. The van der Waals surface area contributed by atoms with Gasteiger partial charge in [-0.2, -0.15) is 0 Å². The zero-order valence-electron chi connectivity index (χ0n) is 13.3. The van der Waals surface area contributed by atoms with Crippen molar-refractivity contribution in [2.45, 2.75) is 45.7 Å². The normalized spacial score (nSPS) is 16.2. The lowest BCUT2D eigenvalue weighted by molar-refractivity contribution is -0.151. The van der Waals surface area contributed by atoms with Gasteiger partial charge in [0.2, 0.25) is 0 Å². The fourth-order valence-corrected chi connectivity index (χ4v) is 2.11. The second-order valence-corrected chi connectivity index (χ2v) is 5.11. The van der Waals surface area contributed by atoms with E-state index in [0.29, 0.717) is 19.6 Å². The SMILES string of the molecule is CCNC(C)(CC(C)N(C)CCOC)C(=O)OCC. The van der Waals surface area contributed by atoms with Crippen molar-refractivity contribution in [3.8, 4) is 0 Å². The molecule has 1 N–H and O–H groups in total. The smallest absolute Gasteiger partial charge is 0.326 e. The third-order valence-electron chi connectivity index (χ3n) is 3.40. The summed E-state index contributed by atoms with van der Waals surface area (Å²) in [7, 11) is 3.74. The number of esters is 1. The first-order valence-corrected chi connectivity index (χ1v) is 7.02. The molecule has 0 aliphatic rings. The van der Waals surface area contributed by atoms with Crippen molar-refractivity contribution in [2.24, 2.45) is 0 Å². The van der Waals surface area contributed by atoms with Crippen LogP contribution in [0.3, 0.4) is 0 Å². The van der Waals surface area contributed by atoms with Crippen molar-refractivity contribution >= 4 is 5.97 Å². The number of carbonyl (C=O) groups excluding carboxylic acids is 1. The molecule has 0 aromatic heterocycles. The fraction of sp³-hybridized carbons (Fsp3) is 0.929. The maximum Gasteiger partial charge on any atom is 0.326 e. The molecule has 0 rings (SSSR count). The Labute approximate surface area is 117 Å². The Hall–Kier alpha value is -0.650. The Morgan fingerprint density at radius 2 is 2.05 bits per heavy atom. The van der Waals surface area contributed by atoms with Gasteiger partial charge in [-0.05, 0) is 40.8 Å². The molecule has 2 unspecified atom stereocenters. The van der Waals surface area contributed by atoms with Crippen LogP contribution in [0.5, 0.6) is 0 Å². The van der Waals surface area contributed by atoms with E-state index in [0.717, 1.165) is 13.1 Å². The number of rotatable bonds is 10. The van der Waals surface area contributed by atoms with Crippen molar-refractivity contribution in [2.75, 3.05) is 40.5 Å². The second kappa shape index (κ2) is 9.28. The highest BCUT2D eigenvalue weighted by atomic mass is 16.5. The number of methoxy groups -OCH3 is 1. The molecule has 0 amide bonds. The van der Waals surface area contributed by atoms with Crippen LogP contribution in [0.1, 0.15) is 34.1 Å². The molecule has 0 bridgehead atoms. The molecular weight excluding hydrogens is 244 g/mol. The van der Waals surface area contributed by atoms with E-state index in [1.54, 1.807) is 7.11 Å². The average Bonchev–Trinajstić information content (AvgIpc) is 2.36. The Bertz CT molecular complexity index is 261. The quantitative estimate of drug-likeness (QED) is 0.608. The van der Waals surface area contributed by atoms with Gasteiger partial charge in [0.25, 0.3) is 0 Å². The molecule has 0 saturated heterocycles. The van der Waals surface area contributed by atoms with E-state index in [1.807, 2.05) is 27.8 Å². The zero-order valence-corrected chi connectivity index (χ0v) is 13.3. The van der Waals surface area contributed by atoms with Gasteiger partial charge in [-0.25, -0.2) is 0 Å². The van der Waals surface area contributed by atoms with Gasteiger partial charge in [0.1, 0.15) is 5.54 Å². The lowest BCUT2D eigenvalue weighted by Gasteiger charge is -2.34. The minimum absolute atomic E-state index is 0.177. The fourth-order valence-electron chi connectivity index (χ4n) is 2.11. The minimum Gasteiger partial charge on any atom is -0.465 e. The van der Waals surface area contributed by atoms with Gasteiger partial charge in [0.15, 0.2) is 0 Å². The van der Waals surface area contributed by atoms with Gasteiger partial charge in [0, 0.05) is 19.7 Å². The molecule has 114 valence electrons. The molecule has 5 nitrogen and oxygen atoms in total. The van der Waals surface area contributed by atoms with Gasteiger partial charge in [-0.1, -0.05) is 6.92 Å². The molecule has 0 aliphatic heterocycles. The van der Waals surface area contributed by atoms with Crippen molar-refractivity contribution in [3.63, 3.8) is 0 Å². The highest BCUT2D eigenvalue weighted by Crippen LogP contribution is 2.17. The molecular formula is C14H30N2O3. The van der Waals surface area contributed by atoms with E-state index in [-0.39, 0.29) is 12.0 Å². The van der Waals surface area contributed by atoms with Crippen molar-refractivity contribution in [1.29, 1.82) is 0 Å². The first-order chi connectivity index (χ1) is 8.91. The number of ether oxygens (including phenoxy) is 2. The topological polar surface area (TPSA) is 50.8 Å². The number of hydrogen-bond acceptors (Lipinski definition) is 5. The van der Waals surface area contributed by atoms with Crippen molar-refractivity contribution in [1.82, 2.24) is 10.2 Å². The van der Waals surface area contributed by atoms with Crippen LogP contribution in [0, 0.1) is 0 Å². The van der Waals surface area contributed by atoms with Crippen LogP contribution in [0.2, 0.25) is 0 Å². The van der Waals surface area contributed by atoms with Crippen molar-refractivity contribution in [3.05, 3.63) is 0 Å². The Morgan fingerprint density at radius 1 is 1.42 bits per heavy atom. The summed E-state index contributed by atoms with van der Waals surface area (Å²) in [5, 5.41) is 3.25. The third kappa shape index (κ3) is 6.36. The van der Waals surface area contributed by atoms with Crippen LogP contribution in [-0.2, 0) is 14.3 Å². The summed E-state index contributed by atoms with van der Waals surface area (Å²) in [6.07, 6.45) is 0.708. The Kier molecular flexibility index (Phi) is 8.97. The van der Waals surface area contributed by atoms with Gasteiger partial charge in [-0.15, -0.1) is 0 Å². The molecule has 0 saturated carbocycles. The predicted octanol–water partition coefficient (Wildman–Crippen LogP) is 1.27. The molecule has 0 spiro atoms. The van der Waals surface area contributed by atoms with Gasteiger partial charge in [-0.3, -0.25) is 4.79 Å². The Balaban J connectivity index is 4.59. The lowest BCUT2D eigenvalue weighted by atomic mass is 9.93. The largest absolute Gasteiger partial charge is 0.465 e. The van der Waals surface area contributed by atoms with Crippen LogP contribution in [0.25, 0.3) is 0 Å². The maximum absolute atomic E-state index is 12.1. The number of nitrogens with zero attached hydrogens (tertiary/aromatic N) is 1. The van der Waals surface area contributed by atoms with Gasteiger partial charge >= 0.3 is 5.97 Å². The first kappa shape index (κ1) is 18.4. The number of likely N-dealkylation sites (N-methyl/N-ethyl adjacent to an activating group) is 2. The third-order valence-corrected chi connectivity index (χ3v) is 3.40. The summed E-state index contributed by atoms with van der Waals surface area (Å²) in [6.45, 7) is 10.5. The number of hydrogen-bond donors (Lipinski definition) is 1. The van der Waals surface area contributed by atoms with Gasteiger partial charge in [0.05, 0.1) is 13.2 Å². The summed E-state index contributed by atoms with van der Waals surface area (Å²) in [5.74, 6) is -0.177. The second-order valence-electron chi connectivity index (χ2n) is 5.11. The van der Waals surface area contributed by atoms with E-state index < -0.39 is 5.54 Å². The molecule has 0 heterocycles. The summed E-state index contributed by atoms with van der Waals surface area (Å²) in [5.41, 5.74) is -0.633. The lowest BCUT2D eigenvalue weighted by Crippen LogP contribution is -2.54. The van der Waals surface area contributed by atoms with Crippen LogP contribution in [-0.4, -0.2) is 62.9 Å². The van der Waals surface area contributed by atoms with E-state index in [4.69, 9.17) is 9.47 Å². The summed E-state index contributed by atoms with van der Waals surface area (Å²) >= 11 is 0. The molecule has 0 aromatic carbocycles. The summed E-state index contributed by atoms with van der Waals surface area (Å²) in [4.78, 5) is 14.3. The minimum atomic E-state index is -0.633. The van der Waals surface area contributed by atoms with Crippen LogP contribution < -0.4 is 5.32 Å². The molecule has 5 heteroatoms. The standard InChI is InChI=1S/C14H30N2O3/c1-7-15-14(4,13(17)19-8-2)11-12(3)16(5)9-10-18-6/h12,15H,7-11H2,1-6H3. The summed E-state index contributed by atoms with van der Waals surface area (Å²) < 4.78 is 10.3. The molecule has 0 aliphatic carbocycles. The highest BCUT2D eigenvalue weighted by Gasteiger charge is 2.36. The Morgan fingerprint density at radius 3 is 2.53 bits per heavy atom. The van der Waals surface area contributed by atoms with Crippen LogP contribution in [0.4, 0.5) is 0 Å². The zero-order chi connectivity index (χ0) is 14.9. The molecule has 0 aromatic rings. The monoisotopic (exact) mass is 274 g/mol. The molecule has 0 radical (unpaired) electrons. The van der Waals surface area contributed by atoms with E-state index in [1.165, 1.54) is 0 Å². The first-order valence-electron chi connectivity index (χ1n) is 7.02. The van der Waals surface area contributed by atoms with E-state index in [2.05, 4.69) is 17.1 Å².